The molecule has 0 radical (unpaired) electrons. The molecule has 158 valence electrons. The van der Waals surface area contributed by atoms with Gasteiger partial charge in [0.15, 0.2) is 11.3 Å². The number of aromatic nitrogens is 1. The molecule has 0 bridgehead atoms. The average Bonchev–Trinajstić information content (AvgIpc) is 3.44. The molecule has 0 aliphatic heterocycles. The quantitative estimate of drug-likeness (QED) is 0.341. The van der Waals surface area contributed by atoms with Crippen molar-refractivity contribution < 1.29 is 13.6 Å². The van der Waals surface area contributed by atoms with Crippen molar-refractivity contribution in [2.75, 3.05) is 5.32 Å². The van der Waals surface area contributed by atoms with Gasteiger partial charge in [0, 0.05) is 16.8 Å². The van der Waals surface area contributed by atoms with E-state index in [9.17, 15) is 4.79 Å². The number of nitrogens with zero attached hydrogens (tertiary/aromatic N) is 1. The van der Waals surface area contributed by atoms with Crippen LogP contribution in [-0.2, 0) is 0 Å². The van der Waals surface area contributed by atoms with E-state index in [0.29, 0.717) is 17.3 Å². The molecule has 32 heavy (non-hydrogen) atoms. The van der Waals surface area contributed by atoms with Crippen LogP contribution in [0, 0.1) is 20.8 Å². The summed E-state index contributed by atoms with van der Waals surface area (Å²) in [5.41, 5.74) is 7.26. The Morgan fingerprint density at radius 1 is 0.781 bits per heavy atom. The largest absolute Gasteiger partial charge is 0.451 e. The van der Waals surface area contributed by atoms with Crippen molar-refractivity contribution in [1.82, 2.24) is 4.98 Å². The van der Waals surface area contributed by atoms with Crippen LogP contribution in [0.1, 0.15) is 27.2 Å². The van der Waals surface area contributed by atoms with Gasteiger partial charge in [-0.15, -0.1) is 0 Å². The highest BCUT2D eigenvalue weighted by atomic mass is 16.4. The van der Waals surface area contributed by atoms with Crippen molar-refractivity contribution in [3.05, 3.63) is 95.2 Å². The fourth-order valence-electron chi connectivity index (χ4n) is 3.58. The molecule has 1 amide bonds. The maximum Gasteiger partial charge on any atom is 0.291 e. The van der Waals surface area contributed by atoms with Crippen LogP contribution in [0.25, 0.3) is 33.9 Å². The van der Waals surface area contributed by atoms with E-state index in [2.05, 4.69) is 30.2 Å². The van der Waals surface area contributed by atoms with E-state index in [1.54, 1.807) is 6.07 Å². The minimum Gasteiger partial charge on any atom is -0.451 e. The molecule has 2 aromatic heterocycles. The summed E-state index contributed by atoms with van der Waals surface area (Å²) in [6, 6.07) is 23.0. The highest BCUT2D eigenvalue weighted by Crippen LogP contribution is 2.29. The molecular formula is C27H22N2O3. The van der Waals surface area contributed by atoms with Gasteiger partial charge >= 0.3 is 0 Å². The summed E-state index contributed by atoms with van der Waals surface area (Å²) in [7, 11) is 0. The fourth-order valence-corrected chi connectivity index (χ4v) is 3.58. The number of oxazole rings is 1. The van der Waals surface area contributed by atoms with E-state index in [-0.39, 0.29) is 11.7 Å². The molecule has 0 spiro atoms. The zero-order valence-electron chi connectivity index (χ0n) is 18.1. The first-order chi connectivity index (χ1) is 15.5. The lowest BCUT2D eigenvalue weighted by molar-refractivity contribution is 0.0997. The van der Waals surface area contributed by atoms with Crippen LogP contribution >= 0.6 is 0 Å². The summed E-state index contributed by atoms with van der Waals surface area (Å²) in [4.78, 5) is 17.4. The van der Waals surface area contributed by atoms with Gasteiger partial charge < -0.3 is 14.2 Å². The van der Waals surface area contributed by atoms with E-state index in [4.69, 9.17) is 8.83 Å². The van der Waals surface area contributed by atoms with Crippen LogP contribution in [0.5, 0.6) is 0 Å². The number of hydrogen-bond acceptors (Lipinski definition) is 4. The fraction of sp³-hybridized carbons (Fsp3) is 0.111. The number of hydrogen-bond donors (Lipinski definition) is 1. The van der Waals surface area contributed by atoms with Crippen molar-refractivity contribution >= 4 is 22.7 Å². The van der Waals surface area contributed by atoms with Crippen molar-refractivity contribution in [2.24, 2.45) is 0 Å². The number of amides is 1. The molecule has 0 saturated heterocycles. The second-order valence-corrected chi connectivity index (χ2v) is 7.93. The van der Waals surface area contributed by atoms with E-state index in [1.807, 2.05) is 67.6 Å². The second-order valence-electron chi connectivity index (χ2n) is 7.93. The zero-order chi connectivity index (χ0) is 22.2. The molecule has 0 aliphatic rings. The van der Waals surface area contributed by atoms with Gasteiger partial charge in [-0.3, -0.25) is 4.79 Å². The predicted octanol–water partition coefficient (Wildman–Crippen LogP) is 6.93. The standard InChI is InChI=1S/C27H22N2O3/c1-16-8-10-19(14-18(16)3)23-12-13-25(31-23)26(30)28-22-15-20(11-9-17(22)2)27-29-21-6-4-5-7-24(21)32-27/h4-15H,1-3H3,(H,28,30). The Bertz CT molecular complexity index is 1430. The van der Waals surface area contributed by atoms with Gasteiger partial charge in [0.05, 0.1) is 0 Å². The summed E-state index contributed by atoms with van der Waals surface area (Å²) in [5.74, 6) is 1.12. The predicted molar refractivity (Wildman–Crippen MR) is 126 cm³/mol. The minimum atomic E-state index is -0.308. The van der Waals surface area contributed by atoms with E-state index in [1.165, 1.54) is 11.1 Å². The molecule has 5 nitrogen and oxygen atoms in total. The normalized spacial score (nSPS) is 11.1. The van der Waals surface area contributed by atoms with Crippen LogP contribution in [0.3, 0.4) is 0 Å². The highest BCUT2D eigenvalue weighted by Gasteiger charge is 2.16. The molecule has 0 unspecified atom stereocenters. The average molecular weight is 422 g/mol. The molecule has 5 aromatic rings. The van der Waals surface area contributed by atoms with Crippen molar-refractivity contribution in [3.8, 4) is 22.8 Å². The van der Waals surface area contributed by atoms with Crippen LogP contribution in [-0.4, -0.2) is 10.9 Å². The summed E-state index contributed by atoms with van der Waals surface area (Å²) in [5, 5.41) is 2.95. The molecule has 0 atom stereocenters. The molecule has 5 rings (SSSR count). The lowest BCUT2D eigenvalue weighted by atomic mass is 10.1. The first-order valence-corrected chi connectivity index (χ1v) is 10.4. The summed E-state index contributed by atoms with van der Waals surface area (Å²) < 4.78 is 11.7. The monoisotopic (exact) mass is 422 g/mol. The number of anilines is 1. The maximum atomic E-state index is 12.9. The lowest BCUT2D eigenvalue weighted by Crippen LogP contribution is -2.11. The summed E-state index contributed by atoms with van der Waals surface area (Å²) >= 11 is 0. The number of para-hydroxylation sites is 2. The molecule has 5 heteroatoms. The second kappa shape index (κ2) is 7.85. The molecule has 3 aromatic carbocycles. The molecular weight excluding hydrogens is 400 g/mol. The van der Waals surface area contributed by atoms with Crippen molar-refractivity contribution in [3.63, 3.8) is 0 Å². The molecule has 1 N–H and O–H groups in total. The van der Waals surface area contributed by atoms with Crippen LogP contribution < -0.4 is 5.32 Å². The summed E-state index contributed by atoms with van der Waals surface area (Å²) in [6.45, 7) is 6.06. The van der Waals surface area contributed by atoms with Gasteiger partial charge in [-0.1, -0.05) is 30.3 Å². The maximum absolute atomic E-state index is 12.9. The van der Waals surface area contributed by atoms with Gasteiger partial charge in [0.25, 0.3) is 5.91 Å². The number of rotatable bonds is 4. The molecule has 0 aliphatic carbocycles. The van der Waals surface area contributed by atoms with Crippen molar-refractivity contribution in [1.29, 1.82) is 0 Å². The Balaban J connectivity index is 1.40. The van der Waals surface area contributed by atoms with Gasteiger partial charge in [-0.2, -0.15) is 0 Å². The van der Waals surface area contributed by atoms with Crippen LogP contribution in [0.15, 0.2) is 81.6 Å². The topological polar surface area (TPSA) is 68.3 Å². The number of benzene rings is 3. The highest BCUT2D eigenvalue weighted by molar-refractivity contribution is 6.03. The third-order valence-electron chi connectivity index (χ3n) is 5.65. The van der Waals surface area contributed by atoms with Crippen LogP contribution in [0.4, 0.5) is 5.69 Å². The Hall–Kier alpha value is -4.12. The molecule has 2 heterocycles. The Morgan fingerprint density at radius 2 is 1.56 bits per heavy atom. The lowest BCUT2D eigenvalue weighted by Gasteiger charge is -2.08. The minimum absolute atomic E-state index is 0.255. The van der Waals surface area contributed by atoms with E-state index < -0.39 is 0 Å². The Morgan fingerprint density at radius 3 is 2.38 bits per heavy atom. The molecule has 0 saturated carbocycles. The number of fused-ring (bicyclic) bond motifs is 1. The number of nitrogens with one attached hydrogen (secondary N) is 1. The smallest absolute Gasteiger partial charge is 0.291 e. The Kier molecular flexibility index (Phi) is 4.86. The third kappa shape index (κ3) is 3.69. The first kappa shape index (κ1) is 19.8. The number of carbonyl (C=O) groups excluding carboxylic acids is 1. The van der Waals surface area contributed by atoms with Gasteiger partial charge in [-0.25, -0.2) is 4.98 Å². The van der Waals surface area contributed by atoms with Gasteiger partial charge in [0.1, 0.15) is 11.3 Å². The van der Waals surface area contributed by atoms with Crippen LogP contribution in [0.2, 0.25) is 0 Å². The van der Waals surface area contributed by atoms with Gasteiger partial charge in [-0.05, 0) is 79.9 Å². The Labute approximate surface area is 185 Å². The van der Waals surface area contributed by atoms with Gasteiger partial charge in [0.2, 0.25) is 5.89 Å². The van der Waals surface area contributed by atoms with E-state index >= 15 is 0 Å². The number of carbonyl (C=O) groups is 1. The number of aryl methyl sites for hydroxylation is 3. The SMILES string of the molecule is Cc1ccc(-c2ccc(C(=O)Nc3cc(-c4nc5ccccc5o4)ccc3C)o2)cc1C. The third-order valence-corrected chi connectivity index (χ3v) is 5.65. The zero-order valence-corrected chi connectivity index (χ0v) is 18.1. The van der Waals surface area contributed by atoms with Crippen molar-refractivity contribution in [2.45, 2.75) is 20.8 Å². The molecule has 0 fully saturated rings. The first-order valence-electron chi connectivity index (χ1n) is 10.4. The van der Waals surface area contributed by atoms with E-state index in [0.717, 1.165) is 27.8 Å². The summed E-state index contributed by atoms with van der Waals surface area (Å²) in [6.07, 6.45) is 0. The number of furan rings is 1.